The number of thiazole rings is 1. The molecule has 1 aromatic heterocycles. The van der Waals surface area contributed by atoms with Gasteiger partial charge in [-0.05, 0) is 38.8 Å². The highest BCUT2D eigenvalue weighted by Crippen LogP contribution is 2.13. The SMILES string of the molecule is Cc1ncc(C(=O)NCC2CCNCC2)s1. The second kappa shape index (κ2) is 5.41. The van der Waals surface area contributed by atoms with Crippen LogP contribution in [0, 0.1) is 12.8 Å². The smallest absolute Gasteiger partial charge is 0.263 e. The Morgan fingerprint density at radius 1 is 1.62 bits per heavy atom. The fraction of sp³-hybridized carbons (Fsp3) is 0.636. The third-order valence-electron chi connectivity index (χ3n) is 2.86. The number of nitrogens with one attached hydrogen (secondary N) is 2. The highest BCUT2D eigenvalue weighted by atomic mass is 32.1. The largest absolute Gasteiger partial charge is 0.351 e. The van der Waals surface area contributed by atoms with E-state index in [0.29, 0.717) is 10.8 Å². The van der Waals surface area contributed by atoms with Gasteiger partial charge in [0.25, 0.3) is 5.91 Å². The fourth-order valence-electron chi connectivity index (χ4n) is 1.88. The molecule has 0 aliphatic carbocycles. The Kier molecular flexibility index (Phi) is 3.90. The minimum Gasteiger partial charge on any atom is -0.351 e. The Hall–Kier alpha value is -0.940. The lowest BCUT2D eigenvalue weighted by atomic mass is 9.98. The number of aromatic nitrogens is 1. The number of piperidine rings is 1. The van der Waals surface area contributed by atoms with E-state index in [4.69, 9.17) is 0 Å². The van der Waals surface area contributed by atoms with Crippen LogP contribution in [0.25, 0.3) is 0 Å². The summed E-state index contributed by atoms with van der Waals surface area (Å²) in [4.78, 5) is 16.5. The second-order valence-electron chi connectivity index (χ2n) is 4.15. The summed E-state index contributed by atoms with van der Waals surface area (Å²) in [6, 6.07) is 0. The molecule has 1 aliphatic rings. The van der Waals surface area contributed by atoms with Gasteiger partial charge < -0.3 is 10.6 Å². The first-order valence-electron chi connectivity index (χ1n) is 5.67. The Morgan fingerprint density at radius 2 is 2.38 bits per heavy atom. The van der Waals surface area contributed by atoms with Crippen molar-refractivity contribution in [2.45, 2.75) is 19.8 Å². The second-order valence-corrected chi connectivity index (χ2v) is 5.38. The van der Waals surface area contributed by atoms with Crippen LogP contribution in [0.15, 0.2) is 6.20 Å². The quantitative estimate of drug-likeness (QED) is 0.833. The average Bonchev–Trinajstić information content (AvgIpc) is 2.74. The molecule has 0 bridgehead atoms. The predicted molar refractivity (Wildman–Crippen MR) is 64.8 cm³/mol. The summed E-state index contributed by atoms with van der Waals surface area (Å²) in [6.45, 7) is 4.84. The van der Waals surface area contributed by atoms with Crippen molar-refractivity contribution >= 4 is 17.2 Å². The van der Waals surface area contributed by atoms with Crippen LogP contribution in [-0.4, -0.2) is 30.5 Å². The number of hydrogen-bond donors (Lipinski definition) is 2. The molecule has 0 radical (unpaired) electrons. The van der Waals surface area contributed by atoms with Gasteiger partial charge in [0.15, 0.2) is 0 Å². The van der Waals surface area contributed by atoms with Crippen molar-refractivity contribution in [2.75, 3.05) is 19.6 Å². The zero-order valence-corrected chi connectivity index (χ0v) is 10.3. The molecule has 5 heteroatoms. The van der Waals surface area contributed by atoms with Crippen molar-refractivity contribution in [3.8, 4) is 0 Å². The number of aryl methyl sites for hydroxylation is 1. The molecule has 1 aromatic rings. The summed E-state index contributed by atoms with van der Waals surface area (Å²) in [6.07, 6.45) is 3.96. The van der Waals surface area contributed by atoms with E-state index in [0.717, 1.165) is 37.5 Å². The minimum atomic E-state index is 0.0177. The lowest BCUT2D eigenvalue weighted by Crippen LogP contribution is -2.35. The van der Waals surface area contributed by atoms with E-state index in [2.05, 4.69) is 15.6 Å². The van der Waals surface area contributed by atoms with Crippen LogP contribution in [0.1, 0.15) is 27.5 Å². The third kappa shape index (κ3) is 3.02. The summed E-state index contributed by atoms with van der Waals surface area (Å²) in [5, 5.41) is 7.24. The van der Waals surface area contributed by atoms with Crippen LogP contribution in [0.4, 0.5) is 0 Å². The number of carbonyl (C=O) groups excluding carboxylic acids is 1. The van der Waals surface area contributed by atoms with Crippen LogP contribution in [0.2, 0.25) is 0 Å². The average molecular weight is 239 g/mol. The summed E-state index contributed by atoms with van der Waals surface area (Å²) < 4.78 is 0. The van der Waals surface area contributed by atoms with Crippen LogP contribution >= 0.6 is 11.3 Å². The Morgan fingerprint density at radius 3 is 3.00 bits per heavy atom. The normalized spacial score (nSPS) is 17.3. The lowest BCUT2D eigenvalue weighted by Gasteiger charge is -2.22. The molecule has 0 spiro atoms. The molecule has 2 N–H and O–H groups in total. The Balaban J connectivity index is 1.79. The van der Waals surface area contributed by atoms with E-state index in [9.17, 15) is 4.79 Å². The first kappa shape index (κ1) is 11.5. The summed E-state index contributed by atoms with van der Waals surface area (Å²) in [5.74, 6) is 0.642. The maximum atomic E-state index is 11.7. The molecule has 1 saturated heterocycles. The first-order valence-corrected chi connectivity index (χ1v) is 6.48. The molecule has 2 rings (SSSR count). The third-order valence-corrected chi connectivity index (χ3v) is 3.77. The van der Waals surface area contributed by atoms with Crippen molar-refractivity contribution in [1.82, 2.24) is 15.6 Å². The molecule has 2 heterocycles. The van der Waals surface area contributed by atoms with Crippen molar-refractivity contribution in [1.29, 1.82) is 0 Å². The van der Waals surface area contributed by atoms with Gasteiger partial charge in [0.05, 0.1) is 11.2 Å². The molecule has 0 aromatic carbocycles. The van der Waals surface area contributed by atoms with Gasteiger partial charge in [0.2, 0.25) is 0 Å². The first-order chi connectivity index (χ1) is 7.75. The van der Waals surface area contributed by atoms with Gasteiger partial charge in [-0.2, -0.15) is 0 Å². The molecular formula is C11H17N3OS. The van der Waals surface area contributed by atoms with Gasteiger partial charge in [-0.15, -0.1) is 11.3 Å². The topological polar surface area (TPSA) is 54.0 Å². The standard InChI is InChI=1S/C11H17N3OS/c1-8-13-7-10(16-8)11(15)14-6-9-2-4-12-5-3-9/h7,9,12H,2-6H2,1H3,(H,14,15). The molecule has 1 fully saturated rings. The van der Waals surface area contributed by atoms with Gasteiger partial charge in [-0.25, -0.2) is 4.98 Å². The number of amides is 1. The van der Waals surface area contributed by atoms with Gasteiger partial charge >= 0.3 is 0 Å². The molecule has 88 valence electrons. The van der Waals surface area contributed by atoms with E-state index in [1.807, 2.05) is 6.92 Å². The minimum absolute atomic E-state index is 0.0177. The number of hydrogen-bond acceptors (Lipinski definition) is 4. The van der Waals surface area contributed by atoms with Crippen molar-refractivity contribution in [3.63, 3.8) is 0 Å². The molecular weight excluding hydrogens is 222 g/mol. The van der Waals surface area contributed by atoms with Crippen LogP contribution in [0.3, 0.4) is 0 Å². The monoisotopic (exact) mass is 239 g/mol. The van der Waals surface area contributed by atoms with E-state index in [1.54, 1.807) is 6.20 Å². The van der Waals surface area contributed by atoms with Gasteiger partial charge in [0.1, 0.15) is 4.88 Å². The maximum Gasteiger partial charge on any atom is 0.263 e. The predicted octanol–water partition coefficient (Wildman–Crippen LogP) is 1.18. The van der Waals surface area contributed by atoms with E-state index in [-0.39, 0.29) is 5.91 Å². The zero-order valence-electron chi connectivity index (χ0n) is 9.45. The maximum absolute atomic E-state index is 11.7. The van der Waals surface area contributed by atoms with Crippen molar-refractivity contribution < 1.29 is 4.79 Å². The molecule has 1 amide bonds. The highest BCUT2D eigenvalue weighted by Gasteiger charge is 2.15. The molecule has 4 nitrogen and oxygen atoms in total. The van der Waals surface area contributed by atoms with Crippen LogP contribution in [0.5, 0.6) is 0 Å². The zero-order chi connectivity index (χ0) is 11.4. The van der Waals surface area contributed by atoms with E-state index < -0.39 is 0 Å². The highest BCUT2D eigenvalue weighted by molar-refractivity contribution is 7.13. The lowest BCUT2D eigenvalue weighted by molar-refractivity contribution is 0.0948. The van der Waals surface area contributed by atoms with Crippen LogP contribution in [-0.2, 0) is 0 Å². The summed E-state index contributed by atoms with van der Waals surface area (Å²) in [5.41, 5.74) is 0. The number of rotatable bonds is 3. The summed E-state index contributed by atoms with van der Waals surface area (Å²) >= 11 is 1.45. The van der Waals surface area contributed by atoms with E-state index in [1.165, 1.54) is 11.3 Å². The van der Waals surface area contributed by atoms with Crippen molar-refractivity contribution in [2.24, 2.45) is 5.92 Å². The molecule has 0 atom stereocenters. The van der Waals surface area contributed by atoms with Crippen molar-refractivity contribution in [3.05, 3.63) is 16.1 Å². The van der Waals surface area contributed by atoms with Crippen LogP contribution < -0.4 is 10.6 Å². The Labute approximate surface area is 99.5 Å². The number of nitrogens with zero attached hydrogens (tertiary/aromatic N) is 1. The molecule has 0 unspecified atom stereocenters. The summed E-state index contributed by atoms with van der Waals surface area (Å²) in [7, 11) is 0. The van der Waals surface area contributed by atoms with Gasteiger partial charge in [-0.3, -0.25) is 4.79 Å². The van der Waals surface area contributed by atoms with Gasteiger partial charge in [0, 0.05) is 6.54 Å². The molecule has 1 aliphatic heterocycles. The van der Waals surface area contributed by atoms with Gasteiger partial charge in [-0.1, -0.05) is 0 Å². The molecule has 0 saturated carbocycles. The van der Waals surface area contributed by atoms with E-state index >= 15 is 0 Å². The number of carbonyl (C=O) groups is 1. The Bertz CT molecular complexity index is 358. The molecule has 16 heavy (non-hydrogen) atoms. The fourth-order valence-corrected chi connectivity index (χ4v) is 2.57.